The standard InChI is InChI=1S/C27H27N5O4S/c1-17(2)14-22(30-27(35)36-15-18-10-12-28-13-11-18)24(33)31-32-25(34)23-16-37-26(29-23)21-9-5-7-19-6-3-4-8-20(19)21/h3-13,16-17,22H,14-15H2,1-2H3,(H,30,35)(H,31,33)(H,32,34)/t22-/m0/s1. The van der Waals surface area contributed by atoms with Crippen molar-refractivity contribution in [1.82, 2.24) is 26.1 Å². The minimum absolute atomic E-state index is 0.0456. The number of hydrogen-bond acceptors (Lipinski definition) is 7. The van der Waals surface area contributed by atoms with E-state index in [2.05, 4.69) is 26.1 Å². The number of hydrazine groups is 1. The summed E-state index contributed by atoms with van der Waals surface area (Å²) in [6, 6.07) is 16.4. The van der Waals surface area contributed by atoms with Crippen LogP contribution in [-0.2, 0) is 16.1 Å². The summed E-state index contributed by atoms with van der Waals surface area (Å²) in [6.07, 6.45) is 2.82. The number of rotatable bonds is 8. The van der Waals surface area contributed by atoms with E-state index >= 15 is 0 Å². The first-order valence-electron chi connectivity index (χ1n) is 11.8. The molecule has 2 aromatic carbocycles. The Labute approximate surface area is 218 Å². The SMILES string of the molecule is CC(C)C[C@H](NC(=O)OCc1ccncc1)C(=O)NNC(=O)c1csc(-c2cccc3ccccc23)n1. The summed E-state index contributed by atoms with van der Waals surface area (Å²) in [5.74, 6) is -1.01. The molecule has 0 saturated carbocycles. The Balaban J connectivity index is 1.35. The lowest BCUT2D eigenvalue weighted by Gasteiger charge is -2.20. The van der Waals surface area contributed by atoms with Crippen LogP contribution in [0.1, 0.15) is 36.3 Å². The van der Waals surface area contributed by atoms with Crippen molar-refractivity contribution in [3.8, 4) is 10.6 Å². The van der Waals surface area contributed by atoms with E-state index < -0.39 is 23.9 Å². The molecule has 0 radical (unpaired) electrons. The van der Waals surface area contributed by atoms with Crippen molar-refractivity contribution >= 4 is 40.0 Å². The van der Waals surface area contributed by atoms with Gasteiger partial charge in [-0.1, -0.05) is 56.3 Å². The third-order valence-corrected chi connectivity index (χ3v) is 6.37. The Kier molecular flexibility index (Phi) is 8.42. The maximum atomic E-state index is 12.8. The van der Waals surface area contributed by atoms with Crippen molar-refractivity contribution in [1.29, 1.82) is 0 Å². The Bertz CT molecular complexity index is 1380. The smallest absolute Gasteiger partial charge is 0.408 e. The van der Waals surface area contributed by atoms with Crippen LogP contribution in [0.3, 0.4) is 0 Å². The molecule has 1 atom stereocenters. The molecule has 0 aliphatic heterocycles. The number of fused-ring (bicyclic) bond motifs is 1. The van der Waals surface area contributed by atoms with Crippen LogP contribution in [0.2, 0.25) is 0 Å². The number of amides is 3. The molecule has 4 rings (SSSR count). The van der Waals surface area contributed by atoms with Gasteiger partial charge in [0.05, 0.1) is 0 Å². The molecule has 0 aliphatic carbocycles. The Morgan fingerprint density at radius 3 is 2.51 bits per heavy atom. The summed E-state index contributed by atoms with van der Waals surface area (Å²) in [6.45, 7) is 3.89. The minimum Gasteiger partial charge on any atom is -0.445 e. The zero-order valence-electron chi connectivity index (χ0n) is 20.4. The molecule has 37 heavy (non-hydrogen) atoms. The molecule has 0 saturated heterocycles. The molecule has 0 aliphatic rings. The van der Waals surface area contributed by atoms with Gasteiger partial charge in [-0.15, -0.1) is 11.3 Å². The predicted octanol–water partition coefficient (Wildman–Crippen LogP) is 4.46. The molecule has 0 fully saturated rings. The van der Waals surface area contributed by atoms with Gasteiger partial charge >= 0.3 is 6.09 Å². The van der Waals surface area contributed by atoms with Gasteiger partial charge in [0.1, 0.15) is 23.4 Å². The van der Waals surface area contributed by atoms with Crippen molar-refractivity contribution in [2.24, 2.45) is 5.92 Å². The molecular formula is C27H27N5O4S. The maximum Gasteiger partial charge on any atom is 0.408 e. The van der Waals surface area contributed by atoms with Gasteiger partial charge in [-0.25, -0.2) is 9.78 Å². The number of thiazole rings is 1. The molecule has 9 nitrogen and oxygen atoms in total. The van der Waals surface area contributed by atoms with Crippen LogP contribution in [0.4, 0.5) is 4.79 Å². The van der Waals surface area contributed by atoms with Crippen LogP contribution >= 0.6 is 11.3 Å². The van der Waals surface area contributed by atoms with E-state index in [1.807, 2.05) is 56.3 Å². The first-order valence-corrected chi connectivity index (χ1v) is 12.6. The van der Waals surface area contributed by atoms with E-state index in [1.54, 1.807) is 29.9 Å². The van der Waals surface area contributed by atoms with E-state index in [0.29, 0.717) is 11.4 Å². The second-order valence-corrected chi connectivity index (χ2v) is 9.62. The summed E-state index contributed by atoms with van der Waals surface area (Å²) < 4.78 is 5.21. The molecule has 3 amide bonds. The summed E-state index contributed by atoms with van der Waals surface area (Å²) >= 11 is 1.34. The summed E-state index contributed by atoms with van der Waals surface area (Å²) in [4.78, 5) is 46.1. The fraction of sp³-hybridized carbons (Fsp3) is 0.222. The Morgan fingerprint density at radius 1 is 0.973 bits per heavy atom. The molecule has 2 aromatic heterocycles. The van der Waals surface area contributed by atoms with Crippen LogP contribution in [-0.4, -0.2) is 33.9 Å². The average Bonchev–Trinajstić information content (AvgIpc) is 3.40. The van der Waals surface area contributed by atoms with Crippen LogP contribution in [0.15, 0.2) is 72.4 Å². The summed E-state index contributed by atoms with van der Waals surface area (Å²) in [7, 11) is 0. The molecule has 10 heteroatoms. The van der Waals surface area contributed by atoms with Crippen molar-refractivity contribution in [3.63, 3.8) is 0 Å². The molecule has 3 N–H and O–H groups in total. The number of carbonyl (C=O) groups is 3. The van der Waals surface area contributed by atoms with Gasteiger partial charge in [0.15, 0.2) is 0 Å². The highest BCUT2D eigenvalue weighted by atomic mass is 32.1. The number of benzene rings is 2. The van der Waals surface area contributed by atoms with Gasteiger partial charge in [-0.3, -0.25) is 25.4 Å². The number of ether oxygens (including phenoxy) is 1. The zero-order chi connectivity index (χ0) is 26.2. The number of nitrogens with zero attached hydrogens (tertiary/aromatic N) is 2. The highest BCUT2D eigenvalue weighted by molar-refractivity contribution is 7.13. The number of pyridine rings is 1. The number of hydrogen-bond donors (Lipinski definition) is 3. The lowest BCUT2D eigenvalue weighted by atomic mass is 10.0. The van der Waals surface area contributed by atoms with Crippen LogP contribution in [0.5, 0.6) is 0 Å². The van der Waals surface area contributed by atoms with Crippen molar-refractivity contribution in [2.75, 3.05) is 0 Å². The van der Waals surface area contributed by atoms with E-state index in [9.17, 15) is 14.4 Å². The van der Waals surface area contributed by atoms with Crippen LogP contribution in [0.25, 0.3) is 21.3 Å². The molecule has 0 unspecified atom stereocenters. The van der Waals surface area contributed by atoms with Gasteiger partial charge in [-0.2, -0.15) is 0 Å². The first-order chi connectivity index (χ1) is 17.9. The minimum atomic E-state index is -0.896. The predicted molar refractivity (Wildman–Crippen MR) is 141 cm³/mol. The van der Waals surface area contributed by atoms with Gasteiger partial charge in [0.25, 0.3) is 11.8 Å². The van der Waals surface area contributed by atoms with Crippen LogP contribution in [0, 0.1) is 5.92 Å². The van der Waals surface area contributed by atoms with Gasteiger partial charge < -0.3 is 10.1 Å². The molecular weight excluding hydrogens is 490 g/mol. The van der Waals surface area contributed by atoms with Crippen LogP contribution < -0.4 is 16.2 Å². The lowest BCUT2D eigenvalue weighted by Crippen LogP contribution is -2.52. The highest BCUT2D eigenvalue weighted by Crippen LogP contribution is 2.30. The zero-order valence-corrected chi connectivity index (χ0v) is 21.2. The third-order valence-electron chi connectivity index (χ3n) is 5.49. The van der Waals surface area contributed by atoms with Gasteiger partial charge in [-0.05, 0) is 40.8 Å². The topological polar surface area (TPSA) is 122 Å². The molecule has 2 heterocycles. The average molecular weight is 518 g/mol. The van der Waals surface area contributed by atoms with Gasteiger partial charge in [0, 0.05) is 23.3 Å². The van der Waals surface area contributed by atoms with Crippen molar-refractivity contribution in [2.45, 2.75) is 32.9 Å². The molecule has 0 spiro atoms. The second kappa shape index (κ2) is 12.1. The highest BCUT2D eigenvalue weighted by Gasteiger charge is 2.24. The number of nitrogens with one attached hydrogen (secondary N) is 3. The Morgan fingerprint density at radius 2 is 1.73 bits per heavy atom. The monoisotopic (exact) mass is 517 g/mol. The van der Waals surface area contributed by atoms with Crippen molar-refractivity contribution in [3.05, 3.63) is 83.6 Å². The first kappa shape index (κ1) is 25.8. The molecule has 4 aromatic rings. The van der Waals surface area contributed by atoms with Gasteiger partial charge in [0.2, 0.25) is 0 Å². The molecule has 190 valence electrons. The summed E-state index contributed by atoms with van der Waals surface area (Å²) in [5.41, 5.74) is 6.66. The summed E-state index contributed by atoms with van der Waals surface area (Å²) in [5, 5.41) is 7.03. The molecule has 0 bridgehead atoms. The van der Waals surface area contributed by atoms with Crippen molar-refractivity contribution < 1.29 is 19.1 Å². The van der Waals surface area contributed by atoms with E-state index in [4.69, 9.17) is 4.74 Å². The third kappa shape index (κ3) is 6.89. The Hall–Kier alpha value is -4.31. The van der Waals surface area contributed by atoms with E-state index in [-0.39, 0.29) is 18.2 Å². The largest absolute Gasteiger partial charge is 0.445 e. The maximum absolute atomic E-state index is 12.8. The fourth-order valence-electron chi connectivity index (χ4n) is 3.70. The number of alkyl carbamates (subject to hydrolysis) is 1. The second-order valence-electron chi connectivity index (χ2n) is 8.77. The quantitative estimate of drug-likeness (QED) is 0.297. The lowest BCUT2D eigenvalue weighted by molar-refractivity contribution is -0.124. The normalized spacial score (nSPS) is 11.6. The fourth-order valence-corrected chi connectivity index (χ4v) is 4.54. The number of carbonyl (C=O) groups excluding carboxylic acids is 3. The van der Waals surface area contributed by atoms with E-state index in [0.717, 1.165) is 21.9 Å². The number of aromatic nitrogens is 2. The van der Waals surface area contributed by atoms with E-state index in [1.165, 1.54) is 11.3 Å².